The van der Waals surface area contributed by atoms with Gasteiger partial charge in [-0.25, -0.2) is 9.48 Å². The monoisotopic (exact) mass is 307 g/mol. The van der Waals surface area contributed by atoms with Crippen molar-refractivity contribution in [3.8, 4) is 0 Å². The Labute approximate surface area is 130 Å². The molecule has 1 aromatic rings. The summed E-state index contributed by atoms with van der Waals surface area (Å²) in [4.78, 5) is 28.6. The van der Waals surface area contributed by atoms with Crippen molar-refractivity contribution in [2.75, 3.05) is 26.2 Å². The molecule has 0 N–H and O–H groups in total. The Balaban J connectivity index is 1.57. The second kappa shape index (κ2) is 6.64. The van der Waals surface area contributed by atoms with Gasteiger partial charge in [0.1, 0.15) is 12.9 Å². The number of aryl methyl sites for hydroxylation is 1. The lowest BCUT2D eigenvalue weighted by molar-refractivity contribution is -0.132. The van der Waals surface area contributed by atoms with Crippen LogP contribution in [0, 0.1) is 0 Å². The lowest BCUT2D eigenvalue weighted by Gasteiger charge is -2.27. The third kappa shape index (κ3) is 3.24. The van der Waals surface area contributed by atoms with E-state index in [4.69, 9.17) is 0 Å². The standard InChI is InChI=1S/C15H25N5O2/c1-17-12-16-20(15(17)22)11-14(21)19-8-4-7-18(9-10-19)13-5-2-3-6-13/h12-13H,2-11H2,1H3. The van der Waals surface area contributed by atoms with Gasteiger partial charge in [0.15, 0.2) is 0 Å². The minimum atomic E-state index is -0.240. The van der Waals surface area contributed by atoms with Gasteiger partial charge in [0.25, 0.3) is 0 Å². The predicted octanol–water partition coefficient (Wildman–Crippen LogP) is 0.0587. The van der Waals surface area contributed by atoms with Gasteiger partial charge in [-0.3, -0.25) is 14.3 Å². The Kier molecular flexibility index (Phi) is 4.61. The molecule has 7 heteroatoms. The van der Waals surface area contributed by atoms with Gasteiger partial charge in [-0.05, 0) is 19.3 Å². The van der Waals surface area contributed by atoms with Crippen LogP contribution in [0.3, 0.4) is 0 Å². The van der Waals surface area contributed by atoms with Gasteiger partial charge >= 0.3 is 5.69 Å². The van der Waals surface area contributed by atoms with Gasteiger partial charge in [-0.15, -0.1) is 0 Å². The van der Waals surface area contributed by atoms with E-state index in [1.54, 1.807) is 7.05 Å². The maximum absolute atomic E-state index is 12.4. The first-order valence-corrected chi connectivity index (χ1v) is 8.25. The number of rotatable bonds is 3. The second-order valence-corrected chi connectivity index (χ2v) is 6.39. The summed E-state index contributed by atoms with van der Waals surface area (Å²) in [5.41, 5.74) is -0.240. The fraction of sp³-hybridized carbons (Fsp3) is 0.800. The van der Waals surface area contributed by atoms with Crippen LogP contribution in [0.15, 0.2) is 11.1 Å². The van der Waals surface area contributed by atoms with Gasteiger partial charge in [0.05, 0.1) is 0 Å². The minimum Gasteiger partial charge on any atom is -0.340 e. The fourth-order valence-electron chi connectivity index (χ4n) is 3.58. The molecule has 3 rings (SSSR count). The molecular weight excluding hydrogens is 282 g/mol. The smallest absolute Gasteiger partial charge is 0.340 e. The van der Waals surface area contributed by atoms with E-state index in [2.05, 4.69) is 10.00 Å². The summed E-state index contributed by atoms with van der Waals surface area (Å²) >= 11 is 0. The van der Waals surface area contributed by atoms with E-state index in [1.165, 1.54) is 41.3 Å². The molecule has 0 spiro atoms. The molecule has 0 unspecified atom stereocenters. The Morgan fingerprint density at radius 3 is 2.64 bits per heavy atom. The lowest BCUT2D eigenvalue weighted by atomic mass is 10.2. The average molecular weight is 307 g/mol. The molecule has 0 radical (unpaired) electrons. The van der Waals surface area contributed by atoms with Gasteiger partial charge in [0.2, 0.25) is 5.91 Å². The molecule has 0 aromatic carbocycles. The summed E-state index contributed by atoms with van der Waals surface area (Å²) in [6.45, 7) is 3.62. The van der Waals surface area contributed by atoms with Crippen molar-refractivity contribution in [2.45, 2.75) is 44.7 Å². The van der Waals surface area contributed by atoms with Crippen LogP contribution in [0.1, 0.15) is 32.1 Å². The molecule has 2 aliphatic rings. The van der Waals surface area contributed by atoms with E-state index >= 15 is 0 Å². The maximum Gasteiger partial charge on any atom is 0.345 e. The highest BCUT2D eigenvalue weighted by atomic mass is 16.2. The molecule has 22 heavy (non-hydrogen) atoms. The van der Waals surface area contributed by atoms with Crippen LogP contribution in [-0.2, 0) is 18.4 Å². The molecule has 122 valence electrons. The number of hydrogen-bond acceptors (Lipinski definition) is 4. The second-order valence-electron chi connectivity index (χ2n) is 6.39. The molecule has 2 heterocycles. The van der Waals surface area contributed by atoms with Crippen LogP contribution in [-0.4, -0.2) is 62.3 Å². The van der Waals surface area contributed by atoms with Crippen molar-refractivity contribution in [3.63, 3.8) is 0 Å². The normalized spacial score (nSPS) is 21.2. The van der Waals surface area contributed by atoms with Gasteiger partial charge in [0, 0.05) is 39.3 Å². The molecule has 2 fully saturated rings. The summed E-state index contributed by atoms with van der Waals surface area (Å²) in [5.74, 6) is -0.00549. The summed E-state index contributed by atoms with van der Waals surface area (Å²) in [5, 5.41) is 3.96. The van der Waals surface area contributed by atoms with E-state index in [-0.39, 0.29) is 18.1 Å². The number of amides is 1. The molecule has 1 aliphatic carbocycles. The van der Waals surface area contributed by atoms with E-state index in [9.17, 15) is 9.59 Å². The fourth-order valence-corrected chi connectivity index (χ4v) is 3.58. The van der Waals surface area contributed by atoms with Crippen molar-refractivity contribution >= 4 is 5.91 Å². The molecule has 7 nitrogen and oxygen atoms in total. The number of aromatic nitrogens is 3. The van der Waals surface area contributed by atoms with Crippen LogP contribution in [0.25, 0.3) is 0 Å². The zero-order chi connectivity index (χ0) is 15.5. The summed E-state index contributed by atoms with van der Waals surface area (Å²) in [7, 11) is 1.64. The van der Waals surface area contributed by atoms with Crippen molar-refractivity contribution < 1.29 is 4.79 Å². The first-order valence-electron chi connectivity index (χ1n) is 8.25. The molecule has 1 amide bonds. The van der Waals surface area contributed by atoms with Gasteiger partial charge < -0.3 is 4.90 Å². The van der Waals surface area contributed by atoms with Gasteiger partial charge in [-0.1, -0.05) is 12.8 Å². The Morgan fingerprint density at radius 2 is 1.95 bits per heavy atom. The van der Waals surface area contributed by atoms with Crippen LogP contribution in [0.2, 0.25) is 0 Å². The first kappa shape index (κ1) is 15.3. The van der Waals surface area contributed by atoms with Crippen molar-refractivity contribution in [3.05, 3.63) is 16.8 Å². The molecule has 1 saturated heterocycles. The highest BCUT2D eigenvalue weighted by Crippen LogP contribution is 2.24. The number of hydrogen-bond donors (Lipinski definition) is 0. The molecule has 1 aliphatic heterocycles. The van der Waals surface area contributed by atoms with E-state index in [0.717, 1.165) is 32.6 Å². The third-order valence-electron chi connectivity index (χ3n) is 4.90. The highest BCUT2D eigenvalue weighted by Gasteiger charge is 2.26. The molecular formula is C15H25N5O2. The predicted molar refractivity (Wildman–Crippen MR) is 82.5 cm³/mol. The zero-order valence-electron chi connectivity index (χ0n) is 13.3. The maximum atomic E-state index is 12.4. The van der Waals surface area contributed by atoms with Crippen LogP contribution < -0.4 is 5.69 Å². The minimum absolute atomic E-state index is 0.00549. The average Bonchev–Trinajstić information content (AvgIpc) is 3.06. The Morgan fingerprint density at radius 1 is 1.18 bits per heavy atom. The largest absolute Gasteiger partial charge is 0.345 e. The number of carbonyl (C=O) groups excluding carboxylic acids is 1. The van der Waals surface area contributed by atoms with Gasteiger partial charge in [-0.2, -0.15) is 5.10 Å². The van der Waals surface area contributed by atoms with Crippen LogP contribution in [0.4, 0.5) is 0 Å². The Bertz CT molecular complexity index is 573. The summed E-state index contributed by atoms with van der Waals surface area (Å²) < 4.78 is 2.62. The van der Waals surface area contributed by atoms with Crippen molar-refractivity contribution in [1.82, 2.24) is 24.1 Å². The SMILES string of the molecule is Cn1cnn(CC(=O)N2CCCN(C3CCCC3)CC2)c1=O. The number of nitrogens with zero attached hydrogens (tertiary/aromatic N) is 5. The summed E-state index contributed by atoms with van der Waals surface area (Å²) in [6.07, 6.45) is 7.74. The summed E-state index contributed by atoms with van der Waals surface area (Å²) in [6, 6.07) is 0.716. The lowest BCUT2D eigenvalue weighted by Crippen LogP contribution is -2.40. The van der Waals surface area contributed by atoms with Crippen LogP contribution >= 0.6 is 0 Å². The van der Waals surface area contributed by atoms with E-state index < -0.39 is 0 Å². The molecule has 0 atom stereocenters. The van der Waals surface area contributed by atoms with E-state index in [1.807, 2.05) is 4.90 Å². The van der Waals surface area contributed by atoms with Crippen molar-refractivity contribution in [2.24, 2.45) is 7.05 Å². The number of carbonyl (C=O) groups is 1. The quantitative estimate of drug-likeness (QED) is 0.792. The molecule has 0 bridgehead atoms. The molecule has 1 aromatic heterocycles. The first-order chi connectivity index (χ1) is 10.6. The topological polar surface area (TPSA) is 63.4 Å². The van der Waals surface area contributed by atoms with Crippen LogP contribution in [0.5, 0.6) is 0 Å². The Hall–Kier alpha value is -1.63. The van der Waals surface area contributed by atoms with Crippen molar-refractivity contribution in [1.29, 1.82) is 0 Å². The zero-order valence-corrected chi connectivity index (χ0v) is 13.3. The van der Waals surface area contributed by atoms with E-state index in [0.29, 0.717) is 6.04 Å². The third-order valence-corrected chi connectivity index (χ3v) is 4.90. The highest BCUT2D eigenvalue weighted by molar-refractivity contribution is 5.75. The molecule has 1 saturated carbocycles.